The first-order chi connectivity index (χ1) is 9.56. The number of aliphatic hydroxyl groups is 1. The van der Waals surface area contributed by atoms with E-state index in [9.17, 15) is 9.59 Å². The van der Waals surface area contributed by atoms with Crippen LogP contribution in [0.15, 0.2) is 23.1 Å². The summed E-state index contributed by atoms with van der Waals surface area (Å²) >= 11 is 1.49. The summed E-state index contributed by atoms with van der Waals surface area (Å²) in [6.07, 6.45) is 0. The van der Waals surface area contributed by atoms with Crippen LogP contribution < -0.4 is 5.32 Å². The van der Waals surface area contributed by atoms with Crippen molar-refractivity contribution in [3.8, 4) is 0 Å². The van der Waals surface area contributed by atoms with Gasteiger partial charge in [0.1, 0.15) is 0 Å². The fourth-order valence-electron chi connectivity index (χ4n) is 2.05. The van der Waals surface area contributed by atoms with Crippen LogP contribution in [0, 0.1) is 0 Å². The van der Waals surface area contributed by atoms with Crippen LogP contribution >= 0.6 is 11.8 Å². The zero-order valence-electron chi connectivity index (χ0n) is 11.5. The Morgan fingerprint density at radius 3 is 2.90 bits per heavy atom. The Kier molecular flexibility index (Phi) is 4.67. The number of thioether (sulfide) groups is 1. The molecule has 2 rings (SSSR count). The summed E-state index contributed by atoms with van der Waals surface area (Å²) in [5.74, 6) is -0.183. The molecular formula is C14H18N2O3S. The van der Waals surface area contributed by atoms with E-state index in [4.69, 9.17) is 5.11 Å². The molecule has 0 saturated carbocycles. The van der Waals surface area contributed by atoms with Crippen molar-refractivity contribution < 1.29 is 14.7 Å². The molecule has 1 unspecified atom stereocenters. The molecule has 6 heteroatoms. The minimum absolute atomic E-state index is 0.0465. The summed E-state index contributed by atoms with van der Waals surface area (Å²) in [7, 11) is 0. The normalized spacial score (nSPS) is 17.4. The van der Waals surface area contributed by atoms with Gasteiger partial charge in [-0.3, -0.25) is 9.59 Å². The average molecular weight is 294 g/mol. The number of amides is 2. The van der Waals surface area contributed by atoms with Gasteiger partial charge in [0.15, 0.2) is 0 Å². The maximum atomic E-state index is 12.3. The molecule has 0 bridgehead atoms. The van der Waals surface area contributed by atoms with Crippen molar-refractivity contribution in [2.45, 2.75) is 24.0 Å². The van der Waals surface area contributed by atoms with Gasteiger partial charge < -0.3 is 15.3 Å². The SMILES string of the molecule is CCN(CCO)C(=O)c1ccc2c(c1)NC(=O)C(C)S2. The average Bonchev–Trinajstić information content (AvgIpc) is 2.45. The number of fused-ring (bicyclic) bond motifs is 1. The summed E-state index contributed by atoms with van der Waals surface area (Å²) in [6.45, 7) is 4.50. The van der Waals surface area contributed by atoms with Crippen LogP contribution in [0.4, 0.5) is 5.69 Å². The van der Waals surface area contributed by atoms with Gasteiger partial charge in [-0.1, -0.05) is 0 Å². The van der Waals surface area contributed by atoms with Crippen LogP contribution in [0.3, 0.4) is 0 Å². The number of rotatable bonds is 4. The van der Waals surface area contributed by atoms with Gasteiger partial charge in [-0.15, -0.1) is 11.8 Å². The number of aliphatic hydroxyl groups excluding tert-OH is 1. The number of carbonyl (C=O) groups excluding carboxylic acids is 2. The molecule has 1 atom stereocenters. The quantitative estimate of drug-likeness (QED) is 0.884. The molecule has 5 nitrogen and oxygen atoms in total. The minimum Gasteiger partial charge on any atom is -0.395 e. The van der Waals surface area contributed by atoms with Crippen LogP contribution in [-0.4, -0.2) is 46.8 Å². The molecule has 1 aromatic rings. The van der Waals surface area contributed by atoms with Crippen molar-refractivity contribution in [2.75, 3.05) is 25.0 Å². The fraction of sp³-hybridized carbons (Fsp3) is 0.429. The Labute approximate surface area is 122 Å². The van der Waals surface area contributed by atoms with Gasteiger partial charge in [-0.05, 0) is 32.0 Å². The van der Waals surface area contributed by atoms with E-state index in [1.54, 1.807) is 17.0 Å². The molecule has 1 aliphatic rings. The first-order valence-electron chi connectivity index (χ1n) is 6.58. The summed E-state index contributed by atoms with van der Waals surface area (Å²) in [5.41, 5.74) is 1.21. The van der Waals surface area contributed by atoms with E-state index < -0.39 is 0 Å². The number of nitrogens with zero attached hydrogens (tertiary/aromatic N) is 1. The third-order valence-electron chi connectivity index (χ3n) is 3.20. The Bertz CT molecular complexity index is 533. The predicted molar refractivity (Wildman–Crippen MR) is 79.1 cm³/mol. The van der Waals surface area contributed by atoms with E-state index in [0.29, 0.717) is 24.3 Å². The molecule has 1 aromatic carbocycles. The standard InChI is InChI=1S/C14H18N2O3S/c1-3-16(6-7-17)14(19)10-4-5-12-11(8-10)15-13(18)9(2)20-12/h4-5,8-9,17H,3,6-7H2,1-2H3,(H,15,18). The van der Waals surface area contributed by atoms with E-state index in [-0.39, 0.29) is 23.7 Å². The van der Waals surface area contributed by atoms with Crippen LogP contribution in [0.25, 0.3) is 0 Å². The topological polar surface area (TPSA) is 69.6 Å². The molecule has 1 heterocycles. The number of carbonyl (C=O) groups is 2. The lowest BCUT2D eigenvalue weighted by molar-refractivity contribution is -0.115. The van der Waals surface area contributed by atoms with E-state index in [1.165, 1.54) is 11.8 Å². The van der Waals surface area contributed by atoms with Gasteiger partial charge in [0.05, 0.1) is 17.5 Å². The van der Waals surface area contributed by atoms with Crippen molar-refractivity contribution in [1.82, 2.24) is 4.90 Å². The molecular weight excluding hydrogens is 276 g/mol. The maximum Gasteiger partial charge on any atom is 0.253 e. The number of likely N-dealkylation sites (N-methyl/N-ethyl adjacent to an activating group) is 1. The molecule has 0 saturated heterocycles. The second-order valence-electron chi connectivity index (χ2n) is 4.57. The highest BCUT2D eigenvalue weighted by Gasteiger charge is 2.24. The Balaban J connectivity index is 2.25. The molecule has 2 N–H and O–H groups in total. The van der Waals surface area contributed by atoms with Gasteiger partial charge in [-0.2, -0.15) is 0 Å². The summed E-state index contributed by atoms with van der Waals surface area (Å²) in [5, 5.41) is 11.7. The van der Waals surface area contributed by atoms with Crippen LogP contribution in [0.1, 0.15) is 24.2 Å². The monoisotopic (exact) mass is 294 g/mol. The lowest BCUT2D eigenvalue weighted by Crippen LogP contribution is -2.33. The summed E-state index contributed by atoms with van der Waals surface area (Å²) < 4.78 is 0. The van der Waals surface area contributed by atoms with E-state index in [0.717, 1.165) is 4.90 Å². The highest BCUT2D eigenvalue weighted by molar-refractivity contribution is 8.00. The zero-order chi connectivity index (χ0) is 14.7. The van der Waals surface area contributed by atoms with Gasteiger partial charge in [-0.25, -0.2) is 0 Å². The lowest BCUT2D eigenvalue weighted by Gasteiger charge is -2.23. The second kappa shape index (κ2) is 6.28. The molecule has 0 aliphatic carbocycles. The van der Waals surface area contributed by atoms with E-state index in [1.807, 2.05) is 19.9 Å². The first-order valence-corrected chi connectivity index (χ1v) is 7.46. The number of hydrogen-bond donors (Lipinski definition) is 2. The van der Waals surface area contributed by atoms with Crippen LogP contribution in [-0.2, 0) is 4.79 Å². The highest BCUT2D eigenvalue weighted by atomic mass is 32.2. The molecule has 0 spiro atoms. The second-order valence-corrected chi connectivity index (χ2v) is 5.95. The van der Waals surface area contributed by atoms with Crippen molar-refractivity contribution in [3.63, 3.8) is 0 Å². The number of nitrogens with one attached hydrogen (secondary N) is 1. The molecule has 108 valence electrons. The summed E-state index contributed by atoms with van der Waals surface area (Å²) in [6, 6.07) is 5.32. The van der Waals surface area contributed by atoms with Crippen molar-refractivity contribution in [1.29, 1.82) is 0 Å². The Morgan fingerprint density at radius 2 is 2.25 bits per heavy atom. The van der Waals surface area contributed by atoms with Gasteiger partial charge in [0, 0.05) is 23.5 Å². The van der Waals surface area contributed by atoms with Gasteiger partial charge in [0.25, 0.3) is 5.91 Å². The third-order valence-corrected chi connectivity index (χ3v) is 4.37. The van der Waals surface area contributed by atoms with Crippen molar-refractivity contribution in [3.05, 3.63) is 23.8 Å². The Hall–Kier alpha value is -1.53. The van der Waals surface area contributed by atoms with Crippen molar-refractivity contribution in [2.24, 2.45) is 0 Å². The Morgan fingerprint density at radius 1 is 1.50 bits per heavy atom. The van der Waals surface area contributed by atoms with Crippen LogP contribution in [0.2, 0.25) is 0 Å². The molecule has 0 radical (unpaired) electrons. The molecule has 20 heavy (non-hydrogen) atoms. The van der Waals surface area contributed by atoms with Gasteiger partial charge >= 0.3 is 0 Å². The minimum atomic E-state index is -0.137. The molecule has 1 aliphatic heterocycles. The molecule has 2 amide bonds. The largest absolute Gasteiger partial charge is 0.395 e. The zero-order valence-corrected chi connectivity index (χ0v) is 12.4. The van der Waals surface area contributed by atoms with Crippen LogP contribution in [0.5, 0.6) is 0 Å². The van der Waals surface area contributed by atoms with Crippen molar-refractivity contribution >= 4 is 29.3 Å². The first kappa shape index (κ1) is 14.9. The predicted octanol–water partition coefficient (Wildman–Crippen LogP) is 1.57. The smallest absolute Gasteiger partial charge is 0.253 e. The third kappa shape index (κ3) is 2.96. The summed E-state index contributed by atoms with van der Waals surface area (Å²) in [4.78, 5) is 26.5. The number of anilines is 1. The lowest BCUT2D eigenvalue weighted by atomic mass is 10.1. The number of benzene rings is 1. The van der Waals surface area contributed by atoms with E-state index in [2.05, 4.69) is 5.32 Å². The fourth-order valence-corrected chi connectivity index (χ4v) is 2.98. The van der Waals surface area contributed by atoms with E-state index >= 15 is 0 Å². The number of hydrogen-bond acceptors (Lipinski definition) is 4. The highest BCUT2D eigenvalue weighted by Crippen LogP contribution is 2.36. The maximum absolute atomic E-state index is 12.3. The van der Waals surface area contributed by atoms with Gasteiger partial charge in [0.2, 0.25) is 5.91 Å². The molecule has 0 aromatic heterocycles. The molecule has 0 fully saturated rings.